The molecule has 0 bridgehead atoms. The van der Waals surface area contributed by atoms with Gasteiger partial charge in [-0.2, -0.15) is 0 Å². The predicted octanol–water partition coefficient (Wildman–Crippen LogP) is 0.869. The Labute approximate surface area is 98.3 Å². The highest BCUT2D eigenvalue weighted by atomic mass is 16.5. The molecule has 2 atom stereocenters. The molecule has 94 valence electrons. The molecule has 1 heterocycles. The minimum Gasteiger partial charge on any atom is -0.385 e. The summed E-state index contributed by atoms with van der Waals surface area (Å²) in [6.07, 6.45) is 3.23. The SMILES string of the molecule is COCCCN(C)C(=O)C1NCCCC1C. The maximum atomic E-state index is 12.1. The van der Waals surface area contributed by atoms with E-state index in [0.717, 1.165) is 25.9 Å². The fourth-order valence-electron chi connectivity index (χ4n) is 2.17. The number of hydrogen-bond donors (Lipinski definition) is 1. The van der Waals surface area contributed by atoms with Crippen LogP contribution in [0.4, 0.5) is 0 Å². The minimum atomic E-state index is 0.0151. The first-order valence-electron chi connectivity index (χ1n) is 6.14. The van der Waals surface area contributed by atoms with Gasteiger partial charge in [0.05, 0.1) is 6.04 Å². The fourth-order valence-corrected chi connectivity index (χ4v) is 2.17. The third-order valence-electron chi connectivity index (χ3n) is 3.25. The molecule has 2 unspecified atom stereocenters. The van der Waals surface area contributed by atoms with Gasteiger partial charge in [-0.3, -0.25) is 4.79 Å². The molecule has 0 aromatic heterocycles. The lowest BCUT2D eigenvalue weighted by molar-refractivity contribution is -0.134. The number of piperidine rings is 1. The minimum absolute atomic E-state index is 0.0151. The molecule has 1 aliphatic rings. The van der Waals surface area contributed by atoms with Crippen molar-refractivity contribution in [1.82, 2.24) is 10.2 Å². The molecule has 0 saturated carbocycles. The largest absolute Gasteiger partial charge is 0.385 e. The quantitative estimate of drug-likeness (QED) is 0.710. The Morgan fingerprint density at radius 2 is 2.31 bits per heavy atom. The summed E-state index contributed by atoms with van der Waals surface area (Å²) in [4.78, 5) is 13.9. The third kappa shape index (κ3) is 3.76. The van der Waals surface area contributed by atoms with Crippen molar-refractivity contribution in [2.24, 2.45) is 5.92 Å². The van der Waals surface area contributed by atoms with Gasteiger partial charge in [-0.1, -0.05) is 6.92 Å². The van der Waals surface area contributed by atoms with E-state index in [4.69, 9.17) is 4.74 Å². The molecule has 1 amide bonds. The van der Waals surface area contributed by atoms with E-state index in [2.05, 4.69) is 12.2 Å². The lowest BCUT2D eigenvalue weighted by atomic mass is 9.92. The van der Waals surface area contributed by atoms with Gasteiger partial charge in [0.2, 0.25) is 5.91 Å². The molecule has 1 fully saturated rings. The standard InChI is InChI=1S/C12H24N2O2/c1-10-6-4-7-13-11(10)12(15)14(2)8-5-9-16-3/h10-11,13H,4-9H2,1-3H3. The van der Waals surface area contributed by atoms with Gasteiger partial charge in [-0.15, -0.1) is 0 Å². The highest BCUT2D eigenvalue weighted by Gasteiger charge is 2.29. The van der Waals surface area contributed by atoms with Crippen molar-refractivity contribution in [2.45, 2.75) is 32.2 Å². The third-order valence-corrected chi connectivity index (χ3v) is 3.25. The summed E-state index contributed by atoms with van der Waals surface area (Å²) in [5.74, 6) is 0.675. The number of methoxy groups -OCH3 is 1. The van der Waals surface area contributed by atoms with Crippen LogP contribution in [-0.2, 0) is 9.53 Å². The maximum absolute atomic E-state index is 12.1. The zero-order valence-electron chi connectivity index (χ0n) is 10.7. The first-order chi connectivity index (χ1) is 7.66. The average molecular weight is 228 g/mol. The van der Waals surface area contributed by atoms with E-state index >= 15 is 0 Å². The van der Waals surface area contributed by atoms with E-state index in [-0.39, 0.29) is 11.9 Å². The van der Waals surface area contributed by atoms with Crippen LogP contribution in [0.15, 0.2) is 0 Å². The summed E-state index contributed by atoms with van der Waals surface area (Å²) >= 11 is 0. The molecule has 0 radical (unpaired) electrons. The predicted molar refractivity (Wildman–Crippen MR) is 64.3 cm³/mol. The lowest BCUT2D eigenvalue weighted by Gasteiger charge is -2.32. The number of likely N-dealkylation sites (N-methyl/N-ethyl adjacent to an activating group) is 1. The summed E-state index contributed by atoms with van der Waals surface area (Å²) in [6, 6.07) is 0.0151. The van der Waals surface area contributed by atoms with Crippen LogP contribution in [0.2, 0.25) is 0 Å². The fraction of sp³-hybridized carbons (Fsp3) is 0.917. The molecular weight excluding hydrogens is 204 g/mol. The average Bonchev–Trinajstić information content (AvgIpc) is 2.29. The summed E-state index contributed by atoms with van der Waals surface area (Å²) in [6.45, 7) is 4.60. The summed E-state index contributed by atoms with van der Waals surface area (Å²) < 4.78 is 4.98. The van der Waals surface area contributed by atoms with Gasteiger partial charge in [-0.25, -0.2) is 0 Å². The Hall–Kier alpha value is -0.610. The molecule has 1 rings (SSSR count). The Morgan fingerprint density at radius 1 is 1.56 bits per heavy atom. The molecule has 0 aromatic rings. The Morgan fingerprint density at radius 3 is 2.94 bits per heavy atom. The molecular formula is C12H24N2O2. The number of carbonyl (C=O) groups excluding carboxylic acids is 1. The lowest BCUT2D eigenvalue weighted by Crippen LogP contribution is -2.51. The van der Waals surface area contributed by atoms with E-state index in [1.54, 1.807) is 7.11 Å². The molecule has 16 heavy (non-hydrogen) atoms. The van der Waals surface area contributed by atoms with Crippen LogP contribution in [0.1, 0.15) is 26.2 Å². The van der Waals surface area contributed by atoms with Gasteiger partial charge in [0.1, 0.15) is 0 Å². The monoisotopic (exact) mass is 228 g/mol. The summed E-state index contributed by atoms with van der Waals surface area (Å²) in [5, 5.41) is 3.32. The van der Waals surface area contributed by atoms with Crippen molar-refractivity contribution in [3.05, 3.63) is 0 Å². The topological polar surface area (TPSA) is 41.6 Å². The van der Waals surface area contributed by atoms with Crippen molar-refractivity contribution >= 4 is 5.91 Å². The Kier molecular flexibility index (Phi) is 5.77. The van der Waals surface area contributed by atoms with Crippen LogP contribution in [0.25, 0.3) is 0 Å². The zero-order valence-corrected chi connectivity index (χ0v) is 10.7. The van der Waals surface area contributed by atoms with Crippen LogP contribution < -0.4 is 5.32 Å². The highest BCUT2D eigenvalue weighted by molar-refractivity contribution is 5.82. The second-order valence-electron chi connectivity index (χ2n) is 4.66. The van der Waals surface area contributed by atoms with Crippen molar-refractivity contribution in [1.29, 1.82) is 0 Å². The summed E-state index contributed by atoms with van der Waals surface area (Å²) in [5.41, 5.74) is 0. The number of ether oxygens (including phenoxy) is 1. The van der Waals surface area contributed by atoms with Crippen LogP contribution >= 0.6 is 0 Å². The van der Waals surface area contributed by atoms with Gasteiger partial charge in [0.15, 0.2) is 0 Å². The van der Waals surface area contributed by atoms with Crippen molar-refractivity contribution in [3.63, 3.8) is 0 Å². The molecule has 1 aliphatic heterocycles. The first kappa shape index (κ1) is 13.5. The van der Waals surface area contributed by atoms with Crippen molar-refractivity contribution < 1.29 is 9.53 Å². The molecule has 0 spiro atoms. The number of nitrogens with one attached hydrogen (secondary N) is 1. The Balaban J connectivity index is 2.36. The number of amides is 1. The normalized spacial score (nSPS) is 25.4. The van der Waals surface area contributed by atoms with E-state index in [9.17, 15) is 4.79 Å². The number of hydrogen-bond acceptors (Lipinski definition) is 3. The van der Waals surface area contributed by atoms with Crippen LogP contribution in [0, 0.1) is 5.92 Å². The van der Waals surface area contributed by atoms with Gasteiger partial charge in [0, 0.05) is 27.3 Å². The molecule has 0 aromatic carbocycles. The van der Waals surface area contributed by atoms with Gasteiger partial charge in [-0.05, 0) is 31.7 Å². The number of rotatable bonds is 5. The maximum Gasteiger partial charge on any atom is 0.239 e. The zero-order chi connectivity index (χ0) is 12.0. The second-order valence-corrected chi connectivity index (χ2v) is 4.66. The highest BCUT2D eigenvalue weighted by Crippen LogP contribution is 2.17. The molecule has 0 aliphatic carbocycles. The molecule has 4 nitrogen and oxygen atoms in total. The molecule has 4 heteroatoms. The smallest absolute Gasteiger partial charge is 0.239 e. The summed E-state index contributed by atoms with van der Waals surface area (Å²) in [7, 11) is 3.56. The Bertz CT molecular complexity index is 221. The van der Waals surface area contributed by atoms with Crippen LogP contribution in [0.5, 0.6) is 0 Å². The number of nitrogens with zero attached hydrogens (tertiary/aromatic N) is 1. The van der Waals surface area contributed by atoms with Gasteiger partial charge in [0.25, 0.3) is 0 Å². The first-order valence-corrected chi connectivity index (χ1v) is 6.14. The van der Waals surface area contributed by atoms with E-state index < -0.39 is 0 Å². The second kappa shape index (κ2) is 6.86. The van der Waals surface area contributed by atoms with E-state index in [1.165, 1.54) is 6.42 Å². The molecule has 1 N–H and O–H groups in total. The van der Waals surface area contributed by atoms with Gasteiger partial charge >= 0.3 is 0 Å². The van der Waals surface area contributed by atoms with Crippen LogP contribution in [-0.4, -0.2) is 50.7 Å². The van der Waals surface area contributed by atoms with E-state index in [1.807, 2.05) is 11.9 Å². The van der Waals surface area contributed by atoms with Crippen molar-refractivity contribution in [2.75, 3.05) is 33.9 Å². The molecule has 1 saturated heterocycles. The van der Waals surface area contributed by atoms with Gasteiger partial charge < -0.3 is 15.0 Å². The number of carbonyl (C=O) groups is 1. The van der Waals surface area contributed by atoms with Crippen LogP contribution in [0.3, 0.4) is 0 Å². The van der Waals surface area contributed by atoms with E-state index in [0.29, 0.717) is 12.5 Å². The van der Waals surface area contributed by atoms with Crippen molar-refractivity contribution in [3.8, 4) is 0 Å².